The van der Waals surface area contributed by atoms with E-state index >= 15 is 0 Å². The van der Waals surface area contributed by atoms with Crippen molar-refractivity contribution >= 4 is 39.4 Å². The van der Waals surface area contributed by atoms with Gasteiger partial charge in [-0.25, -0.2) is 4.90 Å². The van der Waals surface area contributed by atoms with E-state index in [-0.39, 0.29) is 0 Å². The Kier molecular flexibility index (Phi) is 4.80. The topological polar surface area (TPSA) is 107 Å². The minimum atomic E-state index is -1.94. The summed E-state index contributed by atoms with van der Waals surface area (Å²) in [6.45, 7) is 0.974. The minimum absolute atomic E-state index is 0.434. The molecule has 4 unspecified atom stereocenters. The molecule has 2 heterocycles. The van der Waals surface area contributed by atoms with Gasteiger partial charge in [0.1, 0.15) is 0 Å². The summed E-state index contributed by atoms with van der Waals surface area (Å²) in [6, 6.07) is 13.3. The third kappa shape index (κ3) is 2.82. The highest BCUT2D eigenvalue weighted by Crippen LogP contribution is 2.50. The number of fused-ring (bicyclic) bond motifs is 1. The van der Waals surface area contributed by atoms with Crippen molar-refractivity contribution in [3.8, 4) is 0 Å². The number of aliphatic hydroxyl groups excluding tert-OH is 1. The van der Waals surface area contributed by atoms with Crippen LogP contribution in [-0.2, 0) is 14.4 Å². The first-order chi connectivity index (χ1) is 13.8. The van der Waals surface area contributed by atoms with Crippen molar-refractivity contribution < 1.29 is 24.6 Å². The quantitative estimate of drug-likeness (QED) is 0.605. The van der Waals surface area contributed by atoms with Crippen LogP contribution in [-0.4, -0.2) is 40.1 Å². The zero-order valence-corrected chi connectivity index (χ0v) is 17.1. The Labute approximate surface area is 175 Å². The Hall–Kier alpha value is -2.55. The van der Waals surface area contributed by atoms with Crippen LogP contribution in [0.25, 0.3) is 0 Å². The van der Waals surface area contributed by atoms with Gasteiger partial charge >= 0.3 is 5.97 Å². The molecular weight excluding hydrogens is 440 g/mol. The van der Waals surface area contributed by atoms with E-state index in [0.29, 0.717) is 11.3 Å². The van der Waals surface area contributed by atoms with Crippen molar-refractivity contribution in [2.75, 3.05) is 11.5 Å². The fourth-order valence-corrected chi connectivity index (χ4v) is 4.69. The van der Waals surface area contributed by atoms with Crippen LogP contribution < -0.4 is 10.2 Å². The van der Waals surface area contributed by atoms with E-state index in [1.807, 2.05) is 0 Å². The summed E-state index contributed by atoms with van der Waals surface area (Å²) in [5, 5.41) is 22.9. The largest absolute Gasteiger partial charge is 0.480 e. The number of hydrogen-bond acceptors (Lipinski definition) is 5. The van der Waals surface area contributed by atoms with Gasteiger partial charge in [0.05, 0.1) is 24.1 Å². The van der Waals surface area contributed by atoms with Crippen LogP contribution in [0.15, 0.2) is 53.0 Å². The van der Waals surface area contributed by atoms with Crippen LogP contribution in [0.1, 0.15) is 17.2 Å². The molecule has 3 N–H and O–H groups in total. The van der Waals surface area contributed by atoms with Crippen molar-refractivity contribution in [2.24, 2.45) is 11.8 Å². The highest BCUT2D eigenvalue weighted by Gasteiger charge is 2.68. The van der Waals surface area contributed by atoms with Gasteiger partial charge in [0.2, 0.25) is 11.8 Å². The number of nitrogens with one attached hydrogen (secondary N) is 1. The number of rotatable bonds is 4. The van der Waals surface area contributed by atoms with Gasteiger partial charge < -0.3 is 10.2 Å². The summed E-state index contributed by atoms with van der Waals surface area (Å²) in [5.74, 6) is -4.59. The molecule has 4 rings (SSSR count). The summed E-state index contributed by atoms with van der Waals surface area (Å²) in [6.07, 6.45) is 0. The van der Waals surface area contributed by atoms with Gasteiger partial charge in [-0.3, -0.25) is 19.7 Å². The molecule has 29 heavy (non-hydrogen) atoms. The number of anilines is 1. The first-order valence-corrected chi connectivity index (χ1v) is 9.92. The molecule has 0 saturated carbocycles. The van der Waals surface area contributed by atoms with Gasteiger partial charge in [-0.15, -0.1) is 0 Å². The highest BCUT2D eigenvalue weighted by atomic mass is 79.9. The lowest BCUT2D eigenvalue weighted by molar-refractivity contribution is -0.150. The standard InChI is InChI=1S/C21H19BrN2O5/c1-11-4-2-3-5-14(11)24-18(26)15-16(19(24)27)21(10-25,20(28)29)23-17(15)12-6-8-13(22)9-7-12/h2-9,15-17,23,25H,10H2,1H3,(H,28,29). The monoisotopic (exact) mass is 458 g/mol. The number of carboxylic acid groups (broad SMARTS) is 1. The van der Waals surface area contributed by atoms with Gasteiger partial charge in [0.25, 0.3) is 0 Å². The third-order valence-electron chi connectivity index (χ3n) is 5.87. The van der Waals surface area contributed by atoms with Crippen molar-refractivity contribution in [3.63, 3.8) is 0 Å². The number of nitrogens with zero attached hydrogens (tertiary/aromatic N) is 1. The van der Waals surface area contributed by atoms with Gasteiger partial charge in [0, 0.05) is 10.5 Å². The Morgan fingerprint density at radius 1 is 1.14 bits per heavy atom. The number of aryl methyl sites for hydroxylation is 1. The van der Waals surface area contributed by atoms with E-state index in [9.17, 15) is 24.6 Å². The smallest absolute Gasteiger partial charge is 0.327 e. The van der Waals surface area contributed by atoms with Gasteiger partial charge in [-0.2, -0.15) is 0 Å². The van der Waals surface area contributed by atoms with E-state index in [4.69, 9.17) is 0 Å². The average Bonchev–Trinajstić information content (AvgIpc) is 3.18. The Morgan fingerprint density at radius 2 is 1.79 bits per heavy atom. The summed E-state index contributed by atoms with van der Waals surface area (Å²) in [4.78, 5) is 40.0. The zero-order chi connectivity index (χ0) is 20.9. The molecule has 8 heteroatoms. The van der Waals surface area contributed by atoms with E-state index < -0.39 is 47.8 Å². The van der Waals surface area contributed by atoms with Crippen LogP contribution in [0.2, 0.25) is 0 Å². The number of carbonyl (C=O) groups excluding carboxylic acids is 2. The second-order valence-corrected chi connectivity index (χ2v) is 8.33. The number of para-hydroxylation sites is 1. The van der Waals surface area contributed by atoms with Gasteiger partial charge in [0.15, 0.2) is 5.54 Å². The Bertz CT molecular complexity index is 1010. The number of halogens is 1. The highest BCUT2D eigenvalue weighted by molar-refractivity contribution is 9.10. The molecule has 2 aromatic rings. The fraction of sp³-hybridized carbons (Fsp3) is 0.286. The number of hydrogen-bond donors (Lipinski definition) is 3. The number of aliphatic carboxylic acids is 1. The van der Waals surface area contributed by atoms with Gasteiger partial charge in [-0.1, -0.05) is 46.3 Å². The normalized spacial score (nSPS) is 28.7. The van der Waals surface area contributed by atoms with E-state index in [0.717, 1.165) is 14.9 Å². The number of aliphatic hydroxyl groups is 1. The molecule has 2 saturated heterocycles. The summed E-state index contributed by atoms with van der Waals surface area (Å²) in [7, 11) is 0. The molecule has 0 aromatic heterocycles. The lowest BCUT2D eigenvalue weighted by atomic mass is 9.80. The second-order valence-electron chi connectivity index (χ2n) is 7.41. The number of imide groups is 1. The maximum absolute atomic E-state index is 13.4. The molecule has 2 aliphatic heterocycles. The molecule has 2 aliphatic rings. The van der Waals surface area contributed by atoms with Crippen molar-refractivity contribution in [3.05, 3.63) is 64.1 Å². The molecule has 0 aliphatic carbocycles. The Balaban J connectivity index is 1.86. The zero-order valence-electron chi connectivity index (χ0n) is 15.5. The number of benzene rings is 2. The van der Waals surface area contributed by atoms with Crippen LogP contribution >= 0.6 is 15.9 Å². The molecule has 150 valence electrons. The second kappa shape index (κ2) is 7.05. The Morgan fingerprint density at radius 3 is 2.38 bits per heavy atom. The van der Waals surface area contributed by atoms with Crippen LogP contribution in [0.5, 0.6) is 0 Å². The van der Waals surface area contributed by atoms with E-state index in [2.05, 4.69) is 21.2 Å². The van der Waals surface area contributed by atoms with Crippen LogP contribution in [0.4, 0.5) is 5.69 Å². The molecule has 2 fully saturated rings. The fourth-order valence-electron chi connectivity index (χ4n) is 4.42. The van der Waals surface area contributed by atoms with Crippen molar-refractivity contribution in [2.45, 2.75) is 18.5 Å². The SMILES string of the molecule is Cc1ccccc1N1C(=O)C2C(c3ccc(Br)cc3)NC(CO)(C(=O)O)C2C1=O. The number of amides is 2. The average molecular weight is 459 g/mol. The third-order valence-corrected chi connectivity index (χ3v) is 6.40. The predicted molar refractivity (Wildman–Crippen MR) is 108 cm³/mol. The van der Waals surface area contributed by atoms with E-state index in [1.165, 1.54) is 0 Å². The summed E-state index contributed by atoms with van der Waals surface area (Å²) < 4.78 is 0.831. The summed E-state index contributed by atoms with van der Waals surface area (Å²) >= 11 is 3.36. The molecule has 0 bridgehead atoms. The van der Waals surface area contributed by atoms with E-state index in [1.54, 1.807) is 55.5 Å². The molecule has 2 amide bonds. The molecule has 0 radical (unpaired) electrons. The molecule has 2 aromatic carbocycles. The summed E-state index contributed by atoms with van der Waals surface area (Å²) in [5.41, 5.74) is -0.101. The number of carboxylic acids is 1. The van der Waals surface area contributed by atoms with Crippen molar-refractivity contribution in [1.82, 2.24) is 5.32 Å². The first-order valence-electron chi connectivity index (χ1n) is 9.12. The van der Waals surface area contributed by atoms with Crippen LogP contribution in [0, 0.1) is 18.8 Å². The first kappa shape index (κ1) is 19.8. The predicted octanol–water partition coefficient (Wildman–Crippen LogP) is 2.02. The maximum Gasteiger partial charge on any atom is 0.327 e. The van der Waals surface area contributed by atoms with Gasteiger partial charge in [-0.05, 0) is 36.2 Å². The van der Waals surface area contributed by atoms with Crippen molar-refractivity contribution in [1.29, 1.82) is 0 Å². The lowest BCUT2D eigenvalue weighted by Crippen LogP contribution is -2.58. The molecule has 4 atom stereocenters. The minimum Gasteiger partial charge on any atom is -0.480 e. The molecule has 7 nitrogen and oxygen atoms in total. The number of carbonyl (C=O) groups is 3. The lowest BCUT2D eigenvalue weighted by Gasteiger charge is -2.29. The maximum atomic E-state index is 13.4. The van der Waals surface area contributed by atoms with Crippen LogP contribution in [0.3, 0.4) is 0 Å². The molecule has 0 spiro atoms. The molecular formula is C21H19BrN2O5.